The van der Waals surface area contributed by atoms with Gasteiger partial charge in [-0.3, -0.25) is 0 Å². The van der Waals surface area contributed by atoms with E-state index in [0.717, 1.165) is 50.1 Å². The molecule has 0 N–H and O–H groups in total. The molecule has 0 unspecified atom stereocenters. The summed E-state index contributed by atoms with van der Waals surface area (Å²) in [5.74, 6) is 3.20. The van der Waals surface area contributed by atoms with Crippen LogP contribution in [0, 0.1) is 6.92 Å². The van der Waals surface area contributed by atoms with Gasteiger partial charge in [0, 0.05) is 39.6 Å². The number of hydrogen-bond donors (Lipinski definition) is 0. The molecule has 0 aliphatic carbocycles. The zero-order valence-corrected chi connectivity index (χ0v) is 17.7. The second kappa shape index (κ2) is 7.23. The maximum atomic E-state index is 5.46. The maximum Gasteiger partial charge on any atom is 0.231 e. The normalized spacial score (nSPS) is 12.6. The molecule has 6 nitrogen and oxygen atoms in total. The number of thioether (sulfide) groups is 1. The fraction of sp³-hybridized carbons (Fsp3) is 0.211. The molecule has 1 aliphatic heterocycles. The van der Waals surface area contributed by atoms with E-state index in [1.165, 1.54) is 4.88 Å². The molecule has 28 heavy (non-hydrogen) atoms. The predicted molar refractivity (Wildman–Crippen MR) is 112 cm³/mol. The molecular formula is C19H16N4O2S3. The van der Waals surface area contributed by atoms with Crippen LogP contribution in [-0.2, 0) is 12.8 Å². The van der Waals surface area contributed by atoms with Crippen molar-refractivity contribution in [1.82, 2.24) is 19.7 Å². The van der Waals surface area contributed by atoms with Crippen LogP contribution in [0.15, 0.2) is 40.2 Å². The van der Waals surface area contributed by atoms with Crippen molar-refractivity contribution in [2.24, 2.45) is 7.05 Å². The summed E-state index contributed by atoms with van der Waals surface area (Å²) in [4.78, 5) is 6.03. The van der Waals surface area contributed by atoms with E-state index in [1.807, 2.05) is 29.8 Å². The van der Waals surface area contributed by atoms with Crippen molar-refractivity contribution >= 4 is 34.4 Å². The summed E-state index contributed by atoms with van der Waals surface area (Å²) in [6, 6.07) is 8.07. The third kappa shape index (κ3) is 3.30. The number of benzene rings is 1. The zero-order valence-electron chi connectivity index (χ0n) is 15.2. The molecule has 4 heterocycles. The number of fused-ring (bicyclic) bond motifs is 1. The van der Waals surface area contributed by atoms with Gasteiger partial charge < -0.3 is 14.0 Å². The summed E-state index contributed by atoms with van der Waals surface area (Å²) in [5.41, 5.74) is 3.18. The van der Waals surface area contributed by atoms with Gasteiger partial charge in [0.2, 0.25) is 6.79 Å². The highest BCUT2D eigenvalue weighted by Gasteiger charge is 2.16. The Balaban J connectivity index is 1.30. The molecule has 1 aromatic carbocycles. The summed E-state index contributed by atoms with van der Waals surface area (Å²) < 4.78 is 12.9. The molecule has 0 fully saturated rings. The first-order valence-corrected chi connectivity index (χ1v) is 11.3. The van der Waals surface area contributed by atoms with Crippen molar-refractivity contribution in [3.05, 3.63) is 45.6 Å². The van der Waals surface area contributed by atoms with Gasteiger partial charge in [-0.25, -0.2) is 4.98 Å². The average molecular weight is 429 g/mol. The monoisotopic (exact) mass is 428 g/mol. The number of aromatic nitrogens is 4. The van der Waals surface area contributed by atoms with Crippen molar-refractivity contribution < 1.29 is 9.47 Å². The lowest BCUT2D eigenvalue weighted by atomic mass is 10.2. The first-order chi connectivity index (χ1) is 13.7. The van der Waals surface area contributed by atoms with Crippen molar-refractivity contribution in [2.75, 3.05) is 6.79 Å². The molecule has 4 aromatic rings. The van der Waals surface area contributed by atoms with Gasteiger partial charge in [-0.05, 0) is 31.2 Å². The SMILES string of the molecule is Cc1cc(-c2nnc(SCc3csc(-c4ccc5c(c4)OCO5)n3)n2C)cs1. The molecule has 5 rings (SSSR count). The molecule has 3 aromatic heterocycles. The molecule has 0 bridgehead atoms. The van der Waals surface area contributed by atoms with E-state index in [1.54, 1.807) is 34.4 Å². The van der Waals surface area contributed by atoms with Gasteiger partial charge in [0.05, 0.1) is 5.69 Å². The number of rotatable bonds is 5. The summed E-state index contributed by atoms with van der Waals surface area (Å²) in [6.45, 7) is 2.38. The standard InChI is InChI=1S/C19H16N4O2S3/c1-11-5-13(7-26-11)17-21-22-19(23(17)2)28-9-14-8-27-18(20-14)12-3-4-15-16(6-12)25-10-24-15/h3-8H,9-10H2,1-2H3. The molecule has 0 spiro atoms. The summed E-state index contributed by atoms with van der Waals surface area (Å²) in [5, 5.41) is 14.8. The highest BCUT2D eigenvalue weighted by atomic mass is 32.2. The number of thiophene rings is 1. The lowest BCUT2D eigenvalue weighted by molar-refractivity contribution is 0.174. The second-order valence-electron chi connectivity index (χ2n) is 6.31. The van der Waals surface area contributed by atoms with Crippen molar-refractivity contribution in [3.8, 4) is 33.5 Å². The van der Waals surface area contributed by atoms with Gasteiger partial charge in [0.15, 0.2) is 22.5 Å². The Morgan fingerprint density at radius 2 is 1.96 bits per heavy atom. The van der Waals surface area contributed by atoms with Crippen molar-refractivity contribution in [2.45, 2.75) is 17.8 Å². The Hall–Kier alpha value is -2.36. The van der Waals surface area contributed by atoms with Gasteiger partial charge in [-0.2, -0.15) is 0 Å². The van der Waals surface area contributed by atoms with Gasteiger partial charge >= 0.3 is 0 Å². The molecule has 142 valence electrons. The van der Waals surface area contributed by atoms with Crippen LogP contribution < -0.4 is 9.47 Å². The zero-order chi connectivity index (χ0) is 19.1. The summed E-state index contributed by atoms with van der Waals surface area (Å²) >= 11 is 5.00. The van der Waals surface area contributed by atoms with Crippen molar-refractivity contribution in [3.63, 3.8) is 0 Å². The van der Waals surface area contributed by atoms with Gasteiger partial charge in [-0.15, -0.1) is 32.9 Å². The van der Waals surface area contributed by atoms with Crippen LogP contribution >= 0.6 is 34.4 Å². The number of nitrogens with zero attached hydrogens (tertiary/aromatic N) is 4. The minimum atomic E-state index is 0.281. The number of hydrogen-bond acceptors (Lipinski definition) is 8. The third-order valence-electron chi connectivity index (χ3n) is 4.34. The highest BCUT2D eigenvalue weighted by Crippen LogP contribution is 2.37. The Morgan fingerprint density at radius 3 is 2.82 bits per heavy atom. The number of thiazole rings is 1. The van der Waals surface area contributed by atoms with Crippen molar-refractivity contribution in [1.29, 1.82) is 0 Å². The van der Waals surface area contributed by atoms with Gasteiger partial charge in [-0.1, -0.05) is 11.8 Å². The van der Waals surface area contributed by atoms with E-state index in [2.05, 4.69) is 33.9 Å². The molecule has 9 heteroatoms. The molecule has 1 aliphatic rings. The van der Waals surface area contributed by atoms with E-state index in [9.17, 15) is 0 Å². The molecule has 0 saturated carbocycles. The first-order valence-electron chi connectivity index (χ1n) is 8.59. The first kappa shape index (κ1) is 17.7. The molecule has 0 radical (unpaired) electrons. The third-order valence-corrected chi connectivity index (χ3v) is 7.20. The van der Waals surface area contributed by atoms with Crippen LogP contribution in [0.1, 0.15) is 10.6 Å². The van der Waals surface area contributed by atoms with E-state index in [-0.39, 0.29) is 6.79 Å². The van der Waals surface area contributed by atoms with Crippen LogP contribution in [0.5, 0.6) is 11.5 Å². The van der Waals surface area contributed by atoms with Gasteiger partial charge in [0.1, 0.15) is 5.01 Å². The quantitative estimate of drug-likeness (QED) is 0.417. The van der Waals surface area contributed by atoms with Crippen LogP contribution in [0.4, 0.5) is 0 Å². The Morgan fingerprint density at radius 1 is 1.07 bits per heavy atom. The minimum Gasteiger partial charge on any atom is -0.454 e. The molecule has 0 saturated heterocycles. The summed E-state index contributed by atoms with van der Waals surface area (Å²) in [7, 11) is 2.00. The van der Waals surface area contributed by atoms with Crippen LogP contribution in [0.2, 0.25) is 0 Å². The lowest BCUT2D eigenvalue weighted by Gasteiger charge is -2.01. The van der Waals surface area contributed by atoms with Crippen LogP contribution in [-0.4, -0.2) is 26.5 Å². The van der Waals surface area contributed by atoms with E-state index >= 15 is 0 Å². The smallest absolute Gasteiger partial charge is 0.231 e. The van der Waals surface area contributed by atoms with Crippen LogP contribution in [0.25, 0.3) is 22.0 Å². The van der Waals surface area contributed by atoms with E-state index in [4.69, 9.17) is 14.5 Å². The molecule has 0 amide bonds. The molecule has 0 atom stereocenters. The average Bonchev–Trinajstić information content (AvgIpc) is 3.47. The van der Waals surface area contributed by atoms with E-state index < -0.39 is 0 Å². The predicted octanol–water partition coefficient (Wildman–Crippen LogP) is 5.00. The number of aryl methyl sites for hydroxylation is 1. The topological polar surface area (TPSA) is 62.1 Å². The Bertz CT molecular complexity index is 1150. The largest absolute Gasteiger partial charge is 0.454 e. The Labute approximate surface area is 174 Å². The highest BCUT2D eigenvalue weighted by molar-refractivity contribution is 7.98. The van der Waals surface area contributed by atoms with Crippen LogP contribution in [0.3, 0.4) is 0 Å². The summed E-state index contributed by atoms with van der Waals surface area (Å²) in [6.07, 6.45) is 0. The Kier molecular flexibility index (Phi) is 4.58. The second-order valence-corrected chi connectivity index (χ2v) is 9.23. The number of ether oxygens (including phenoxy) is 2. The molecular weight excluding hydrogens is 412 g/mol. The fourth-order valence-electron chi connectivity index (χ4n) is 2.93. The van der Waals surface area contributed by atoms with Gasteiger partial charge in [0.25, 0.3) is 0 Å². The lowest BCUT2D eigenvalue weighted by Crippen LogP contribution is -1.94. The van der Waals surface area contributed by atoms with E-state index in [0.29, 0.717) is 0 Å². The minimum absolute atomic E-state index is 0.281. The maximum absolute atomic E-state index is 5.46. The fourth-order valence-corrected chi connectivity index (χ4v) is 5.33.